The number of anilines is 2. The number of aromatic nitrogens is 1. The Hall–Kier alpha value is -1.82. The van der Waals surface area contributed by atoms with Gasteiger partial charge < -0.3 is 4.90 Å². The summed E-state index contributed by atoms with van der Waals surface area (Å²) in [5.41, 5.74) is -0.493. The Morgan fingerprint density at radius 2 is 1.90 bits per heavy atom. The minimum absolute atomic E-state index is 0.0166. The van der Waals surface area contributed by atoms with E-state index in [4.69, 9.17) is 11.6 Å². The van der Waals surface area contributed by atoms with E-state index in [0.29, 0.717) is 12.2 Å². The molecule has 0 aliphatic carbocycles. The zero-order chi connectivity index (χ0) is 15.6. The van der Waals surface area contributed by atoms with Gasteiger partial charge in [-0.1, -0.05) is 17.7 Å². The van der Waals surface area contributed by atoms with Crippen LogP contribution in [0.3, 0.4) is 0 Å². The van der Waals surface area contributed by atoms with Crippen LogP contribution >= 0.6 is 11.6 Å². The van der Waals surface area contributed by atoms with Crippen LogP contribution in [0.25, 0.3) is 0 Å². The third kappa shape index (κ3) is 3.64. The van der Waals surface area contributed by atoms with Crippen LogP contribution in [0, 0.1) is 5.82 Å². The Morgan fingerprint density at radius 3 is 2.48 bits per heavy atom. The van der Waals surface area contributed by atoms with E-state index in [-0.39, 0.29) is 11.0 Å². The fourth-order valence-electron chi connectivity index (χ4n) is 1.91. The first kappa shape index (κ1) is 15.6. The normalized spacial score (nSPS) is 11.5. The van der Waals surface area contributed by atoms with Gasteiger partial charge in [0.1, 0.15) is 16.8 Å². The highest BCUT2D eigenvalue weighted by Gasteiger charge is 2.32. The summed E-state index contributed by atoms with van der Waals surface area (Å²) in [5, 5.41) is -0.269. The third-order valence-electron chi connectivity index (χ3n) is 2.82. The van der Waals surface area contributed by atoms with Gasteiger partial charge in [0, 0.05) is 12.2 Å². The maximum absolute atomic E-state index is 13.3. The van der Waals surface area contributed by atoms with E-state index in [0.717, 1.165) is 12.1 Å². The van der Waals surface area contributed by atoms with E-state index in [1.807, 2.05) is 0 Å². The predicted octanol–water partition coefficient (Wildman–Crippen LogP) is 5.05. The van der Waals surface area contributed by atoms with Gasteiger partial charge in [-0.25, -0.2) is 9.37 Å². The Morgan fingerprint density at radius 1 is 1.19 bits per heavy atom. The van der Waals surface area contributed by atoms with Crippen LogP contribution in [0.15, 0.2) is 36.4 Å². The van der Waals surface area contributed by atoms with Gasteiger partial charge in [0.2, 0.25) is 0 Å². The van der Waals surface area contributed by atoms with Gasteiger partial charge in [-0.3, -0.25) is 0 Å². The van der Waals surface area contributed by atoms with Crippen LogP contribution in [0.2, 0.25) is 5.15 Å². The molecule has 0 saturated heterocycles. The summed E-state index contributed by atoms with van der Waals surface area (Å²) in [5.74, 6) is -0.466. The molecule has 1 heterocycles. The summed E-state index contributed by atoms with van der Waals surface area (Å²) in [7, 11) is 0. The fourth-order valence-corrected chi connectivity index (χ4v) is 2.11. The molecule has 0 radical (unpaired) electrons. The highest BCUT2D eigenvalue weighted by molar-refractivity contribution is 6.29. The molecule has 0 N–H and O–H groups in total. The van der Waals surface area contributed by atoms with Crippen molar-refractivity contribution in [2.75, 3.05) is 11.4 Å². The highest BCUT2D eigenvalue weighted by Crippen LogP contribution is 2.34. The van der Waals surface area contributed by atoms with E-state index in [2.05, 4.69) is 4.98 Å². The molecule has 0 aliphatic heterocycles. The molecule has 0 spiro atoms. The number of nitrogens with zero attached hydrogens (tertiary/aromatic N) is 2. The summed E-state index contributed by atoms with van der Waals surface area (Å²) >= 11 is 5.66. The van der Waals surface area contributed by atoms with Crippen LogP contribution < -0.4 is 4.90 Å². The molecule has 0 atom stereocenters. The molecular formula is C14H11ClF4N2. The second-order valence-corrected chi connectivity index (χ2v) is 4.65. The van der Waals surface area contributed by atoms with Gasteiger partial charge in [0.05, 0.1) is 5.56 Å². The second kappa shape index (κ2) is 5.89. The average molecular weight is 319 g/mol. The average Bonchev–Trinajstić information content (AvgIpc) is 2.38. The van der Waals surface area contributed by atoms with Crippen molar-refractivity contribution < 1.29 is 17.6 Å². The van der Waals surface area contributed by atoms with Gasteiger partial charge >= 0.3 is 6.18 Å². The largest absolute Gasteiger partial charge is 0.416 e. The number of benzene rings is 1. The van der Waals surface area contributed by atoms with Gasteiger partial charge in [0.15, 0.2) is 0 Å². The van der Waals surface area contributed by atoms with Crippen LogP contribution in [-0.4, -0.2) is 11.5 Å². The first-order chi connectivity index (χ1) is 9.81. The zero-order valence-corrected chi connectivity index (χ0v) is 11.7. The Balaban J connectivity index is 2.50. The van der Waals surface area contributed by atoms with Crippen LogP contribution in [0.1, 0.15) is 12.5 Å². The van der Waals surface area contributed by atoms with Crippen molar-refractivity contribution in [3.8, 4) is 0 Å². The molecule has 0 saturated carbocycles. The van der Waals surface area contributed by atoms with E-state index in [1.54, 1.807) is 13.0 Å². The topological polar surface area (TPSA) is 16.1 Å². The van der Waals surface area contributed by atoms with Crippen molar-refractivity contribution in [2.45, 2.75) is 13.1 Å². The fraction of sp³-hybridized carbons (Fsp3) is 0.214. The minimum atomic E-state index is -4.53. The highest BCUT2D eigenvalue weighted by atomic mass is 35.5. The zero-order valence-electron chi connectivity index (χ0n) is 11.0. The Kier molecular flexibility index (Phi) is 4.37. The molecule has 112 valence electrons. The van der Waals surface area contributed by atoms with Crippen molar-refractivity contribution in [2.24, 2.45) is 0 Å². The lowest BCUT2D eigenvalue weighted by Gasteiger charge is -2.23. The SMILES string of the molecule is CCN(c1cccc(F)c1)c1cc(C(F)(F)F)cc(Cl)n1. The summed E-state index contributed by atoms with van der Waals surface area (Å²) in [6.45, 7) is 2.04. The summed E-state index contributed by atoms with van der Waals surface area (Å²) < 4.78 is 51.7. The molecule has 0 bridgehead atoms. The molecule has 1 aromatic carbocycles. The lowest BCUT2D eigenvalue weighted by atomic mass is 10.2. The van der Waals surface area contributed by atoms with Crippen molar-refractivity contribution in [3.05, 3.63) is 52.9 Å². The second-order valence-electron chi connectivity index (χ2n) is 4.26. The molecule has 2 rings (SSSR count). The quantitative estimate of drug-likeness (QED) is 0.581. The summed E-state index contributed by atoms with van der Waals surface area (Å²) in [4.78, 5) is 5.34. The van der Waals surface area contributed by atoms with Crippen molar-refractivity contribution in [3.63, 3.8) is 0 Å². The molecule has 2 aromatic rings. The molecule has 21 heavy (non-hydrogen) atoms. The molecule has 0 amide bonds. The standard InChI is InChI=1S/C14H11ClF4N2/c1-2-21(11-5-3-4-10(16)8-11)13-7-9(14(17,18)19)6-12(15)20-13/h3-8H,2H2,1H3. The van der Waals surface area contributed by atoms with E-state index < -0.39 is 17.6 Å². The van der Waals surface area contributed by atoms with E-state index in [9.17, 15) is 17.6 Å². The van der Waals surface area contributed by atoms with Gasteiger partial charge in [0.25, 0.3) is 0 Å². The summed E-state index contributed by atoms with van der Waals surface area (Å²) in [6, 6.07) is 7.18. The number of halogens is 5. The Labute approximate surface area is 124 Å². The lowest BCUT2D eigenvalue weighted by molar-refractivity contribution is -0.137. The Bertz CT molecular complexity index is 643. The minimum Gasteiger partial charge on any atom is -0.326 e. The van der Waals surface area contributed by atoms with Crippen molar-refractivity contribution in [1.29, 1.82) is 0 Å². The smallest absolute Gasteiger partial charge is 0.326 e. The molecule has 1 aromatic heterocycles. The van der Waals surface area contributed by atoms with Crippen molar-refractivity contribution in [1.82, 2.24) is 4.98 Å². The molecular weight excluding hydrogens is 308 g/mol. The maximum atomic E-state index is 13.3. The molecule has 0 aliphatic rings. The van der Waals surface area contributed by atoms with E-state index >= 15 is 0 Å². The first-order valence-corrected chi connectivity index (χ1v) is 6.47. The number of hydrogen-bond acceptors (Lipinski definition) is 2. The lowest BCUT2D eigenvalue weighted by Crippen LogP contribution is -2.19. The number of pyridine rings is 1. The van der Waals surface area contributed by atoms with Crippen LogP contribution in [0.4, 0.5) is 29.1 Å². The summed E-state index contributed by atoms with van der Waals surface area (Å²) in [6.07, 6.45) is -4.53. The van der Waals surface area contributed by atoms with Crippen molar-refractivity contribution >= 4 is 23.1 Å². The number of alkyl halides is 3. The monoisotopic (exact) mass is 318 g/mol. The predicted molar refractivity (Wildman–Crippen MR) is 73.3 cm³/mol. The molecule has 0 fully saturated rings. The van der Waals surface area contributed by atoms with E-state index in [1.165, 1.54) is 23.1 Å². The third-order valence-corrected chi connectivity index (χ3v) is 3.01. The molecule has 7 heteroatoms. The molecule has 0 unspecified atom stereocenters. The number of rotatable bonds is 3. The van der Waals surface area contributed by atoms with Gasteiger partial charge in [-0.05, 0) is 37.3 Å². The van der Waals surface area contributed by atoms with Gasteiger partial charge in [-0.2, -0.15) is 13.2 Å². The maximum Gasteiger partial charge on any atom is 0.416 e. The van der Waals surface area contributed by atoms with Gasteiger partial charge in [-0.15, -0.1) is 0 Å². The van der Waals surface area contributed by atoms with Crippen LogP contribution in [-0.2, 0) is 6.18 Å². The van der Waals surface area contributed by atoms with Crippen LogP contribution in [0.5, 0.6) is 0 Å². The number of hydrogen-bond donors (Lipinski definition) is 0. The molecule has 2 nitrogen and oxygen atoms in total. The first-order valence-electron chi connectivity index (χ1n) is 6.09.